The molecule has 1 saturated carbocycles. The van der Waals surface area contributed by atoms with Gasteiger partial charge >= 0.3 is 6.03 Å². The van der Waals surface area contributed by atoms with Gasteiger partial charge in [0, 0.05) is 18.9 Å². The van der Waals surface area contributed by atoms with Crippen LogP contribution in [0.2, 0.25) is 0 Å². The molecule has 1 aromatic heterocycles. The molecule has 2 N–H and O–H groups in total. The fourth-order valence-corrected chi connectivity index (χ4v) is 2.15. The first-order chi connectivity index (χ1) is 7.75. The van der Waals surface area contributed by atoms with Crippen LogP contribution in [-0.4, -0.2) is 33.3 Å². The Bertz CT molecular complexity index is 337. The maximum Gasteiger partial charge on any atom is 0.326 e. The number of aliphatic hydroxyl groups excluding tert-OH is 1. The number of nitrogens with one attached hydrogen (secondary N) is 1. The van der Waals surface area contributed by atoms with E-state index >= 15 is 0 Å². The molecule has 1 amide bonds. The molecule has 5 nitrogen and oxygen atoms in total. The van der Waals surface area contributed by atoms with Gasteiger partial charge < -0.3 is 10.4 Å². The molecule has 2 rings (SSSR count). The summed E-state index contributed by atoms with van der Waals surface area (Å²) in [6, 6.07) is -0.155. The Hall–Kier alpha value is -1.36. The first kappa shape index (κ1) is 11.1. The van der Waals surface area contributed by atoms with E-state index in [1.54, 1.807) is 12.4 Å². The van der Waals surface area contributed by atoms with Gasteiger partial charge in [-0.05, 0) is 25.2 Å². The van der Waals surface area contributed by atoms with Gasteiger partial charge in [0.05, 0.1) is 6.10 Å². The number of nitrogens with zero attached hydrogens (tertiary/aromatic N) is 2. The van der Waals surface area contributed by atoms with Crippen molar-refractivity contribution in [2.75, 3.05) is 6.54 Å². The highest BCUT2D eigenvalue weighted by atomic mass is 16.3. The van der Waals surface area contributed by atoms with Crippen molar-refractivity contribution in [2.45, 2.75) is 31.8 Å². The van der Waals surface area contributed by atoms with Gasteiger partial charge in [0.15, 0.2) is 0 Å². The Balaban J connectivity index is 1.77. The molecule has 5 heteroatoms. The van der Waals surface area contributed by atoms with Crippen LogP contribution in [0.25, 0.3) is 0 Å². The van der Waals surface area contributed by atoms with E-state index in [9.17, 15) is 9.90 Å². The fraction of sp³-hybridized carbons (Fsp3) is 0.636. The molecule has 0 aromatic carbocycles. The second kappa shape index (κ2) is 5.12. The molecule has 1 aliphatic rings. The van der Waals surface area contributed by atoms with Crippen molar-refractivity contribution in [3.8, 4) is 0 Å². The third-order valence-electron chi connectivity index (χ3n) is 3.04. The first-order valence-corrected chi connectivity index (χ1v) is 5.70. The molecular formula is C11H17N3O2. The van der Waals surface area contributed by atoms with Gasteiger partial charge in [-0.1, -0.05) is 6.42 Å². The van der Waals surface area contributed by atoms with Crippen molar-refractivity contribution >= 4 is 6.03 Å². The van der Waals surface area contributed by atoms with E-state index in [1.165, 1.54) is 10.9 Å². The van der Waals surface area contributed by atoms with E-state index in [4.69, 9.17) is 0 Å². The fourth-order valence-electron chi connectivity index (χ4n) is 2.15. The zero-order valence-corrected chi connectivity index (χ0v) is 9.17. The van der Waals surface area contributed by atoms with Crippen molar-refractivity contribution < 1.29 is 9.90 Å². The van der Waals surface area contributed by atoms with Gasteiger partial charge in [-0.15, -0.1) is 0 Å². The average Bonchev–Trinajstić information content (AvgIpc) is 2.79. The van der Waals surface area contributed by atoms with E-state index < -0.39 is 0 Å². The summed E-state index contributed by atoms with van der Waals surface area (Å²) in [5.74, 6) is 0.399. The van der Waals surface area contributed by atoms with Gasteiger partial charge in [0.25, 0.3) is 0 Å². The first-order valence-electron chi connectivity index (χ1n) is 5.70. The molecule has 2 unspecified atom stereocenters. The van der Waals surface area contributed by atoms with Crippen molar-refractivity contribution in [1.29, 1.82) is 0 Å². The molecule has 0 aliphatic heterocycles. The monoisotopic (exact) mass is 223 g/mol. The SMILES string of the molecule is O=C(NCC1CCCC(O)C1)n1ccnc1. The highest BCUT2D eigenvalue weighted by molar-refractivity contribution is 5.76. The number of amides is 1. The summed E-state index contributed by atoms with van der Waals surface area (Å²) < 4.78 is 1.42. The molecule has 0 bridgehead atoms. The highest BCUT2D eigenvalue weighted by Gasteiger charge is 2.20. The van der Waals surface area contributed by atoms with Crippen LogP contribution in [0.1, 0.15) is 25.7 Å². The van der Waals surface area contributed by atoms with E-state index in [1.807, 2.05) is 0 Å². The summed E-state index contributed by atoms with van der Waals surface area (Å²) >= 11 is 0. The minimum absolute atomic E-state index is 0.155. The number of rotatable bonds is 2. The minimum atomic E-state index is -0.191. The number of aliphatic hydroxyl groups is 1. The summed E-state index contributed by atoms with van der Waals surface area (Å²) in [4.78, 5) is 15.4. The van der Waals surface area contributed by atoms with E-state index in [-0.39, 0.29) is 12.1 Å². The Morgan fingerprint density at radius 3 is 3.12 bits per heavy atom. The summed E-state index contributed by atoms with van der Waals surface area (Å²) in [5, 5.41) is 12.3. The van der Waals surface area contributed by atoms with Crippen LogP contribution in [0.5, 0.6) is 0 Å². The Labute approximate surface area is 94.5 Å². The maximum absolute atomic E-state index is 11.6. The third kappa shape index (κ3) is 2.82. The van der Waals surface area contributed by atoms with Crippen molar-refractivity contribution in [3.05, 3.63) is 18.7 Å². The van der Waals surface area contributed by atoms with Crippen molar-refractivity contribution in [3.63, 3.8) is 0 Å². The molecular weight excluding hydrogens is 206 g/mol. The zero-order chi connectivity index (χ0) is 11.4. The zero-order valence-electron chi connectivity index (χ0n) is 9.17. The number of carbonyl (C=O) groups is 1. The second-order valence-electron chi connectivity index (χ2n) is 4.34. The lowest BCUT2D eigenvalue weighted by Crippen LogP contribution is -2.34. The van der Waals surface area contributed by atoms with Gasteiger partial charge in [0.1, 0.15) is 6.33 Å². The van der Waals surface area contributed by atoms with Crippen LogP contribution < -0.4 is 5.32 Å². The van der Waals surface area contributed by atoms with E-state index in [2.05, 4.69) is 10.3 Å². The lowest BCUT2D eigenvalue weighted by molar-refractivity contribution is 0.101. The predicted molar refractivity (Wildman–Crippen MR) is 59.0 cm³/mol. The molecule has 88 valence electrons. The summed E-state index contributed by atoms with van der Waals surface area (Å²) in [5.41, 5.74) is 0. The van der Waals surface area contributed by atoms with E-state index in [0.717, 1.165) is 25.7 Å². The largest absolute Gasteiger partial charge is 0.393 e. The quantitative estimate of drug-likeness (QED) is 0.785. The molecule has 1 aliphatic carbocycles. The molecule has 16 heavy (non-hydrogen) atoms. The standard InChI is InChI=1S/C11H17N3O2/c15-10-3-1-2-9(6-10)7-13-11(16)14-5-4-12-8-14/h4-5,8-10,15H,1-3,6-7H2,(H,13,16). The number of aromatic nitrogens is 2. The smallest absolute Gasteiger partial charge is 0.326 e. The summed E-state index contributed by atoms with van der Waals surface area (Å²) in [7, 11) is 0. The Morgan fingerprint density at radius 2 is 2.44 bits per heavy atom. The highest BCUT2D eigenvalue weighted by Crippen LogP contribution is 2.23. The number of hydrogen-bond donors (Lipinski definition) is 2. The number of imidazole rings is 1. The van der Waals surface area contributed by atoms with Crippen LogP contribution in [0.15, 0.2) is 18.7 Å². The van der Waals surface area contributed by atoms with Crippen LogP contribution in [-0.2, 0) is 0 Å². The molecule has 2 atom stereocenters. The average molecular weight is 223 g/mol. The molecule has 1 fully saturated rings. The topological polar surface area (TPSA) is 67.2 Å². The van der Waals surface area contributed by atoms with E-state index in [0.29, 0.717) is 12.5 Å². The van der Waals surface area contributed by atoms with Gasteiger partial charge in [-0.3, -0.25) is 4.57 Å². The summed E-state index contributed by atoms with van der Waals surface area (Å²) in [6.45, 7) is 0.633. The molecule has 1 heterocycles. The molecule has 0 radical (unpaired) electrons. The second-order valence-corrected chi connectivity index (χ2v) is 4.34. The maximum atomic E-state index is 11.6. The predicted octanol–water partition coefficient (Wildman–Crippen LogP) is 0.992. The van der Waals surface area contributed by atoms with Gasteiger partial charge in [0.2, 0.25) is 0 Å². The lowest BCUT2D eigenvalue weighted by atomic mass is 9.87. The Morgan fingerprint density at radius 1 is 1.56 bits per heavy atom. The van der Waals surface area contributed by atoms with Crippen LogP contribution in [0, 0.1) is 5.92 Å². The van der Waals surface area contributed by atoms with Gasteiger partial charge in [-0.25, -0.2) is 9.78 Å². The minimum Gasteiger partial charge on any atom is -0.393 e. The van der Waals surface area contributed by atoms with Crippen molar-refractivity contribution in [1.82, 2.24) is 14.9 Å². The molecule has 0 saturated heterocycles. The number of hydrogen-bond acceptors (Lipinski definition) is 3. The van der Waals surface area contributed by atoms with Crippen molar-refractivity contribution in [2.24, 2.45) is 5.92 Å². The summed E-state index contributed by atoms with van der Waals surface area (Å²) in [6.07, 6.45) is 8.30. The third-order valence-corrected chi connectivity index (χ3v) is 3.04. The Kier molecular flexibility index (Phi) is 3.56. The number of carbonyl (C=O) groups excluding carboxylic acids is 1. The molecule has 1 aromatic rings. The van der Waals surface area contributed by atoms with Crippen LogP contribution >= 0.6 is 0 Å². The lowest BCUT2D eigenvalue weighted by Gasteiger charge is -2.25. The van der Waals surface area contributed by atoms with Gasteiger partial charge in [-0.2, -0.15) is 0 Å². The van der Waals surface area contributed by atoms with Crippen LogP contribution in [0.4, 0.5) is 4.79 Å². The van der Waals surface area contributed by atoms with Crippen LogP contribution in [0.3, 0.4) is 0 Å². The normalized spacial score (nSPS) is 25.3. The molecule has 0 spiro atoms.